The van der Waals surface area contributed by atoms with Crippen LogP contribution in [0.3, 0.4) is 0 Å². The molecule has 0 spiro atoms. The molecule has 5 heteroatoms. The quantitative estimate of drug-likeness (QED) is 0.526. The number of nitrogen functional groups attached to an aromatic ring is 1. The third-order valence-electron chi connectivity index (χ3n) is 2.62. The Morgan fingerprint density at radius 2 is 2.12 bits per heavy atom. The molecule has 0 saturated carbocycles. The van der Waals surface area contributed by atoms with Crippen LogP contribution in [0.1, 0.15) is 23.7 Å². The predicted octanol–water partition coefficient (Wildman–Crippen LogP) is 0.535. The van der Waals surface area contributed by atoms with Crippen molar-refractivity contribution in [3.63, 3.8) is 0 Å². The van der Waals surface area contributed by atoms with Crippen molar-refractivity contribution in [3.8, 4) is 0 Å². The van der Waals surface area contributed by atoms with Gasteiger partial charge in [-0.1, -0.05) is 12.1 Å². The maximum absolute atomic E-state index is 11.0. The molecule has 0 amide bonds. The number of aryl methyl sites for hydroxylation is 1. The monoisotopic (exact) mass is 239 g/mol. The van der Waals surface area contributed by atoms with Crippen molar-refractivity contribution in [1.29, 1.82) is 0 Å². The summed E-state index contributed by atoms with van der Waals surface area (Å²) in [5.74, 6) is -0.580. The number of carbonyl (C=O) groups excluding carboxylic acids is 1. The van der Waals surface area contributed by atoms with Crippen LogP contribution in [-0.2, 0) is 9.53 Å². The van der Waals surface area contributed by atoms with E-state index in [9.17, 15) is 15.0 Å². The van der Waals surface area contributed by atoms with Crippen molar-refractivity contribution in [2.24, 2.45) is 0 Å². The third-order valence-corrected chi connectivity index (χ3v) is 2.62. The van der Waals surface area contributed by atoms with Crippen molar-refractivity contribution in [3.05, 3.63) is 29.3 Å². The van der Waals surface area contributed by atoms with Crippen LogP contribution in [0.4, 0.5) is 5.69 Å². The smallest absolute Gasteiger partial charge is 0.308 e. The minimum Gasteiger partial charge on any atom is -0.469 e. The van der Waals surface area contributed by atoms with Gasteiger partial charge in [0.05, 0.1) is 19.6 Å². The summed E-state index contributed by atoms with van der Waals surface area (Å²) in [5.41, 5.74) is 7.34. The second kappa shape index (κ2) is 5.65. The minimum atomic E-state index is -1.23. The van der Waals surface area contributed by atoms with Gasteiger partial charge in [0.1, 0.15) is 6.10 Å². The number of ether oxygens (including phenoxy) is 1. The van der Waals surface area contributed by atoms with E-state index in [0.29, 0.717) is 11.3 Å². The molecule has 5 nitrogen and oxygen atoms in total. The maximum Gasteiger partial charge on any atom is 0.308 e. The maximum atomic E-state index is 11.0. The summed E-state index contributed by atoms with van der Waals surface area (Å²) >= 11 is 0. The number of anilines is 1. The standard InChI is InChI=1S/C12H17NO4/c1-7-4-3-5-8(13)11(7)12(16)9(14)6-10(15)17-2/h3-5,9,12,14,16H,6,13H2,1-2H3. The lowest BCUT2D eigenvalue weighted by Crippen LogP contribution is -2.24. The van der Waals surface area contributed by atoms with Crippen LogP contribution >= 0.6 is 0 Å². The number of carbonyl (C=O) groups is 1. The number of nitrogens with two attached hydrogens (primary N) is 1. The highest BCUT2D eigenvalue weighted by Crippen LogP contribution is 2.27. The number of hydrogen-bond donors (Lipinski definition) is 3. The number of benzene rings is 1. The van der Waals surface area contributed by atoms with Gasteiger partial charge in [-0.3, -0.25) is 4.79 Å². The molecule has 0 saturated heterocycles. The Hall–Kier alpha value is -1.59. The van der Waals surface area contributed by atoms with Crippen LogP contribution in [-0.4, -0.2) is 29.4 Å². The molecular formula is C12H17NO4. The summed E-state index contributed by atoms with van der Waals surface area (Å²) in [7, 11) is 1.23. The minimum absolute atomic E-state index is 0.272. The molecule has 0 bridgehead atoms. The Morgan fingerprint density at radius 3 is 2.65 bits per heavy atom. The molecule has 0 aliphatic heterocycles. The van der Waals surface area contributed by atoms with E-state index in [1.165, 1.54) is 7.11 Å². The first-order valence-corrected chi connectivity index (χ1v) is 5.25. The molecule has 0 fully saturated rings. The van der Waals surface area contributed by atoms with Gasteiger partial charge >= 0.3 is 5.97 Å². The van der Waals surface area contributed by atoms with E-state index in [-0.39, 0.29) is 6.42 Å². The summed E-state index contributed by atoms with van der Waals surface area (Å²) in [5, 5.41) is 19.7. The van der Waals surface area contributed by atoms with E-state index in [4.69, 9.17) is 5.73 Å². The van der Waals surface area contributed by atoms with E-state index >= 15 is 0 Å². The van der Waals surface area contributed by atoms with Crippen molar-refractivity contribution in [1.82, 2.24) is 0 Å². The summed E-state index contributed by atoms with van der Waals surface area (Å²) in [4.78, 5) is 11.0. The number of aliphatic hydroxyl groups is 2. The van der Waals surface area contributed by atoms with Gasteiger partial charge in [-0.15, -0.1) is 0 Å². The molecule has 2 atom stereocenters. The average Bonchev–Trinajstić information content (AvgIpc) is 2.28. The molecule has 94 valence electrons. The van der Waals surface area contributed by atoms with Gasteiger partial charge in [0.15, 0.2) is 0 Å². The van der Waals surface area contributed by atoms with Crippen LogP contribution in [0, 0.1) is 6.92 Å². The van der Waals surface area contributed by atoms with E-state index in [1.807, 2.05) is 0 Å². The molecule has 0 aromatic heterocycles. The molecular weight excluding hydrogens is 222 g/mol. The highest BCUT2D eigenvalue weighted by Gasteiger charge is 2.24. The lowest BCUT2D eigenvalue weighted by Gasteiger charge is -2.20. The Kier molecular flexibility index (Phi) is 4.48. The Balaban J connectivity index is 2.88. The summed E-state index contributed by atoms with van der Waals surface area (Å²) < 4.78 is 4.43. The number of rotatable bonds is 4. The number of aliphatic hydroxyl groups excluding tert-OH is 2. The molecule has 1 aromatic carbocycles. The van der Waals surface area contributed by atoms with Gasteiger partial charge in [-0.25, -0.2) is 0 Å². The van der Waals surface area contributed by atoms with Crippen LogP contribution in [0.15, 0.2) is 18.2 Å². The average molecular weight is 239 g/mol. The molecule has 17 heavy (non-hydrogen) atoms. The predicted molar refractivity (Wildman–Crippen MR) is 63.2 cm³/mol. The van der Waals surface area contributed by atoms with E-state index in [1.54, 1.807) is 25.1 Å². The van der Waals surface area contributed by atoms with Gasteiger partial charge in [0.25, 0.3) is 0 Å². The van der Waals surface area contributed by atoms with Crippen molar-refractivity contribution in [2.75, 3.05) is 12.8 Å². The highest BCUT2D eigenvalue weighted by atomic mass is 16.5. The second-order valence-electron chi connectivity index (χ2n) is 3.87. The highest BCUT2D eigenvalue weighted by molar-refractivity contribution is 5.70. The van der Waals surface area contributed by atoms with Crippen molar-refractivity contribution in [2.45, 2.75) is 25.6 Å². The normalized spacial score (nSPS) is 14.1. The van der Waals surface area contributed by atoms with Gasteiger partial charge in [-0.2, -0.15) is 0 Å². The topological polar surface area (TPSA) is 92.8 Å². The second-order valence-corrected chi connectivity index (χ2v) is 3.87. The zero-order chi connectivity index (χ0) is 13.0. The SMILES string of the molecule is COC(=O)CC(O)C(O)c1c(C)cccc1N. The molecule has 1 rings (SSSR count). The zero-order valence-corrected chi connectivity index (χ0v) is 9.88. The van der Waals surface area contributed by atoms with Crippen molar-refractivity contribution < 1.29 is 19.7 Å². The Bertz CT molecular complexity index is 385. The Labute approximate surface area is 99.8 Å². The molecule has 0 aliphatic carbocycles. The van der Waals surface area contributed by atoms with E-state index in [0.717, 1.165) is 5.56 Å². The fourth-order valence-electron chi connectivity index (χ4n) is 1.67. The van der Waals surface area contributed by atoms with Gasteiger partial charge in [0, 0.05) is 11.3 Å². The van der Waals surface area contributed by atoms with Crippen LogP contribution in [0.2, 0.25) is 0 Å². The first kappa shape index (κ1) is 13.5. The fourth-order valence-corrected chi connectivity index (χ4v) is 1.67. The molecule has 4 N–H and O–H groups in total. The number of methoxy groups -OCH3 is 1. The molecule has 0 aliphatic rings. The lowest BCUT2D eigenvalue weighted by atomic mass is 9.96. The lowest BCUT2D eigenvalue weighted by molar-refractivity contribution is -0.144. The Morgan fingerprint density at radius 1 is 1.47 bits per heavy atom. The van der Waals surface area contributed by atoms with Gasteiger partial charge in [0.2, 0.25) is 0 Å². The van der Waals surface area contributed by atoms with Gasteiger partial charge in [-0.05, 0) is 18.6 Å². The summed E-state index contributed by atoms with van der Waals surface area (Å²) in [6.45, 7) is 1.78. The summed E-state index contributed by atoms with van der Waals surface area (Å²) in [6, 6.07) is 5.17. The molecule has 0 radical (unpaired) electrons. The van der Waals surface area contributed by atoms with E-state index < -0.39 is 18.2 Å². The largest absolute Gasteiger partial charge is 0.469 e. The van der Waals surface area contributed by atoms with Gasteiger partial charge < -0.3 is 20.7 Å². The molecule has 0 heterocycles. The van der Waals surface area contributed by atoms with Crippen LogP contribution in [0.5, 0.6) is 0 Å². The van der Waals surface area contributed by atoms with E-state index in [2.05, 4.69) is 4.74 Å². The van der Waals surface area contributed by atoms with Crippen LogP contribution < -0.4 is 5.73 Å². The molecule has 1 aromatic rings. The summed E-state index contributed by atoms with van der Waals surface area (Å²) in [6.07, 6.45) is -2.70. The number of esters is 1. The van der Waals surface area contributed by atoms with Crippen LogP contribution in [0.25, 0.3) is 0 Å². The fraction of sp³-hybridized carbons (Fsp3) is 0.417. The zero-order valence-electron chi connectivity index (χ0n) is 9.88. The van der Waals surface area contributed by atoms with Crippen molar-refractivity contribution >= 4 is 11.7 Å². The molecule has 2 unspecified atom stereocenters. The first-order valence-electron chi connectivity index (χ1n) is 5.25. The number of hydrogen-bond acceptors (Lipinski definition) is 5. The third kappa shape index (κ3) is 3.18. The first-order chi connectivity index (χ1) is 7.97.